The number of phenolic OH excluding ortho intramolecular Hbond substituents is 1. The van der Waals surface area contributed by atoms with Gasteiger partial charge in [0.25, 0.3) is 0 Å². The highest BCUT2D eigenvalue weighted by atomic mass is 32.1. The Bertz CT molecular complexity index is 566. The standard InChI is InChI=1S/C14H16N2O2S/c1-10(17)16-12-6-7-19-14(12)9-15-8-11-4-2-3-5-13(11)18/h2-7,15,18H,8-9H2,1H3,(H,16,17). The summed E-state index contributed by atoms with van der Waals surface area (Å²) in [4.78, 5) is 12.1. The summed E-state index contributed by atoms with van der Waals surface area (Å²) in [6, 6.07) is 9.14. The van der Waals surface area contributed by atoms with Crippen LogP contribution in [0.1, 0.15) is 17.4 Å². The molecule has 2 rings (SSSR count). The topological polar surface area (TPSA) is 61.4 Å². The Labute approximate surface area is 116 Å². The Balaban J connectivity index is 1.91. The SMILES string of the molecule is CC(=O)Nc1ccsc1CNCc1ccccc1O. The molecule has 0 saturated carbocycles. The highest BCUT2D eigenvalue weighted by Gasteiger charge is 2.06. The number of hydrogen-bond acceptors (Lipinski definition) is 4. The van der Waals surface area contributed by atoms with Crippen LogP contribution in [0.15, 0.2) is 35.7 Å². The van der Waals surface area contributed by atoms with Crippen LogP contribution in [0.2, 0.25) is 0 Å². The molecule has 0 saturated heterocycles. The second-order valence-electron chi connectivity index (χ2n) is 4.17. The first kappa shape index (κ1) is 13.6. The van der Waals surface area contributed by atoms with Crippen molar-refractivity contribution in [1.29, 1.82) is 0 Å². The number of thiophene rings is 1. The molecule has 0 fully saturated rings. The summed E-state index contributed by atoms with van der Waals surface area (Å²) >= 11 is 1.59. The van der Waals surface area contributed by atoms with E-state index in [2.05, 4.69) is 10.6 Å². The number of aromatic hydroxyl groups is 1. The van der Waals surface area contributed by atoms with E-state index in [4.69, 9.17) is 0 Å². The molecule has 0 aliphatic carbocycles. The van der Waals surface area contributed by atoms with Gasteiger partial charge in [-0.1, -0.05) is 18.2 Å². The van der Waals surface area contributed by atoms with Gasteiger partial charge in [-0.15, -0.1) is 11.3 Å². The number of anilines is 1. The molecule has 1 aromatic heterocycles. The molecular formula is C14H16N2O2S. The van der Waals surface area contributed by atoms with E-state index in [1.807, 2.05) is 23.6 Å². The molecule has 0 atom stereocenters. The molecule has 1 heterocycles. The van der Waals surface area contributed by atoms with Gasteiger partial charge >= 0.3 is 0 Å². The van der Waals surface area contributed by atoms with Crippen LogP contribution < -0.4 is 10.6 Å². The van der Waals surface area contributed by atoms with Crippen molar-refractivity contribution in [3.8, 4) is 5.75 Å². The quantitative estimate of drug-likeness (QED) is 0.787. The van der Waals surface area contributed by atoms with E-state index in [1.54, 1.807) is 23.5 Å². The molecule has 0 unspecified atom stereocenters. The predicted octanol–water partition coefficient (Wildman–Crippen LogP) is 2.70. The lowest BCUT2D eigenvalue weighted by Gasteiger charge is -2.07. The molecular weight excluding hydrogens is 260 g/mol. The normalized spacial score (nSPS) is 10.4. The zero-order chi connectivity index (χ0) is 13.7. The van der Waals surface area contributed by atoms with Crippen molar-refractivity contribution in [2.24, 2.45) is 0 Å². The van der Waals surface area contributed by atoms with Crippen molar-refractivity contribution in [1.82, 2.24) is 5.32 Å². The minimum Gasteiger partial charge on any atom is -0.508 e. The van der Waals surface area contributed by atoms with Crippen LogP contribution in [0.3, 0.4) is 0 Å². The van der Waals surface area contributed by atoms with Gasteiger partial charge in [0.2, 0.25) is 5.91 Å². The first-order valence-corrected chi connectivity index (χ1v) is 6.86. The Kier molecular flexibility index (Phi) is 4.54. The third-order valence-electron chi connectivity index (χ3n) is 2.65. The second-order valence-corrected chi connectivity index (χ2v) is 5.17. The Morgan fingerprint density at radius 2 is 2.05 bits per heavy atom. The summed E-state index contributed by atoms with van der Waals surface area (Å²) in [7, 11) is 0. The lowest BCUT2D eigenvalue weighted by Crippen LogP contribution is -2.14. The van der Waals surface area contributed by atoms with Crippen LogP contribution in [-0.4, -0.2) is 11.0 Å². The monoisotopic (exact) mass is 276 g/mol. The summed E-state index contributed by atoms with van der Waals surface area (Å²) in [6.07, 6.45) is 0. The largest absolute Gasteiger partial charge is 0.508 e. The van der Waals surface area contributed by atoms with Crippen LogP contribution in [0.25, 0.3) is 0 Å². The third-order valence-corrected chi connectivity index (χ3v) is 3.57. The maximum Gasteiger partial charge on any atom is 0.221 e. The summed E-state index contributed by atoms with van der Waals surface area (Å²) in [6.45, 7) is 2.74. The predicted molar refractivity (Wildman–Crippen MR) is 77.3 cm³/mol. The Hall–Kier alpha value is -1.85. The number of amides is 1. The van der Waals surface area contributed by atoms with Crippen LogP contribution in [0, 0.1) is 0 Å². The fraction of sp³-hybridized carbons (Fsp3) is 0.214. The average Bonchev–Trinajstić information content (AvgIpc) is 2.78. The van der Waals surface area contributed by atoms with Gasteiger partial charge in [0.15, 0.2) is 0 Å². The molecule has 0 aliphatic heterocycles. The number of carbonyl (C=O) groups is 1. The van der Waals surface area contributed by atoms with Crippen molar-refractivity contribution < 1.29 is 9.90 Å². The first-order valence-electron chi connectivity index (χ1n) is 5.98. The molecule has 0 radical (unpaired) electrons. The number of phenols is 1. The van der Waals surface area contributed by atoms with Gasteiger partial charge in [-0.25, -0.2) is 0 Å². The fourth-order valence-electron chi connectivity index (χ4n) is 1.75. The summed E-state index contributed by atoms with van der Waals surface area (Å²) in [5.74, 6) is 0.226. The molecule has 3 N–H and O–H groups in total. The maximum absolute atomic E-state index is 11.0. The van der Waals surface area contributed by atoms with Crippen LogP contribution >= 0.6 is 11.3 Å². The maximum atomic E-state index is 11.0. The highest BCUT2D eigenvalue weighted by Crippen LogP contribution is 2.22. The number of benzene rings is 1. The molecule has 19 heavy (non-hydrogen) atoms. The molecule has 1 aromatic carbocycles. The Morgan fingerprint density at radius 1 is 1.26 bits per heavy atom. The van der Waals surface area contributed by atoms with E-state index in [1.165, 1.54) is 6.92 Å². The number of rotatable bonds is 5. The molecule has 0 aliphatic rings. The van der Waals surface area contributed by atoms with E-state index in [0.717, 1.165) is 16.1 Å². The van der Waals surface area contributed by atoms with Crippen LogP contribution in [0.4, 0.5) is 5.69 Å². The highest BCUT2D eigenvalue weighted by molar-refractivity contribution is 7.10. The molecule has 5 heteroatoms. The van der Waals surface area contributed by atoms with Gasteiger partial charge in [-0.2, -0.15) is 0 Å². The molecule has 0 bridgehead atoms. The van der Waals surface area contributed by atoms with Crippen molar-refractivity contribution in [2.45, 2.75) is 20.0 Å². The Morgan fingerprint density at radius 3 is 2.79 bits per heavy atom. The number of hydrogen-bond donors (Lipinski definition) is 3. The van der Waals surface area contributed by atoms with Crippen molar-refractivity contribution in [3.05, 3.63) is 46.2 Å². The van der Waals surface area contributed by atoms with Gasteiger partial charge in [0.05, 0.1) is 5.69 Å². The first-order chi connectivity index (χ1) is 9.16. The molecule has 0 spiro atoms. The van der Waals surface area contributed by atoms with Crippen molar-refractivity contribution in [2.75, 3.05) is 5.32 Å². The lowest BCUT2D eigenvalue weighted by atomic mass is 10.2. The van der Waals surface area contributed by atoms with Crippen LogP contribution in [-0.2, 0) is 17.9 Å². The zero-order valence-electron chi connectivity index (χ0n) is 10.6. The number of para-hydroxylation sites is 1. The molecule has 2 aromatic rings. The van der Waals surface area contributed by atoms with E-state index in [0.29, 0.717) is 18.8 Å². The van der Waals surface area contributed by atoms with Crippen LogP contribution in [0.5, 0.6) is 5.75 Å². The van der Waals surface area contributed by atoms with Gasteiger partial charge in [-0.3, -0.25) is 4.79 Å². The smallest absolute Gasteiger partial charge is 0.221 e. The molecule has 100 valence electrons. The zero-order valence-corrected chi connectivity index (χ0v) is 11.5. The summed E-state index contributed by atoms with van der Waals surface area (Å²) in [5.41, 5.74) is 1.71. The average molecular weight is 276 g/mol. The number of nitrogens with one attached hydrogen (secondary N) is 2. The van der Waals surface area contributed by atoms with E-state index < -0.39 is 0 Å². The minimum atomic E-state index is -0.0691. The molecule has 4 nitrogen and oxygen atoms in total. The molecule has 1 amide bonds. The van der Waals surface area contributed by atoms with Gasteiger partial charge in [0, 0.05) is 30.5 Å². The minimum absolute atomic E-state index is 0.0691. The van der Waals surface area contributed by atoms with Crippen molar-refractivity contribution >= 4 is 22.9 Å². The summed E-state index contributed by atoms with van der Waals surface area (Å²) in [5, 5.41) is 17.6. The number of carbonyl (C=O) groups excluding carboxylic acids is 1. The van der Waals surface area contributed by atoms with Gasteiger partial charge < -0.3 is 15.7 Å². The lowest BCUT2D eigenvalue weighted by molar-refractivity contribution is -0.114. The van der Waals surface area contributed by atoms with Gasteiger partial charge in [-0.05, 0) is 17.5 Å². The third kappa shape index (κ3) is 3.81. The van der Waals surface area contributed by atoms with Crippen molar-refractivity contribution in [3.63, 3.8) is 0 Å². The van der Waals surface area contributed by atoms with E-state index in [9.17, 15) is 9.90 Å². The van der Waals surface area contributed by atoms with Gasteiger partial charge in [0.1, 0.15) is 5.75 Å². The van der Waals surface area contributed by atoms with E-state index >= 15 is 0 Å². The van der Waals surface area contributed by atoms with E-state index in [-0.39, 0.29) is 5.91 Å². The fourth-order valence-corrected chi connectivity index (χ4v) is 2.55. The summed E-state index contributed by atoms with van der Waals surface area (Å²) < 4.78 is 0. The second kappa shape index (κ2) is 6.36.